The molecule has 6 heterocycles. The lowest BCUT2D eigenvalue weighted by atomic mass is 10.1. The van der Waals surface area contributed by atoms with Crippen molar-refractivity contribution in [2.45, 2.75) is 6.92 Å². The molecule has 0 saturated carbocycles. The zero-order valence-electron chi connectivity index (χ0n) is 17.6. The van der Waals surface area contributed by atoms with Crippen molar-refractivity contribution in [1.29, 1.82) is 0 Å². The summed E-state index contributed by atoms with van der Waals surface area (Å²) in [5.74, 6) is -0.193. The van der Waals surface area contributed by atoms with Crippen LogP contribution < -0.4 is 5.73 Å². The number of nitrogen functional groups attached to an aromatic ring is 1. The Bertz CT molecular complexity index is 1730. The van der Waals surface area contributed by atoms with E-state index in [-0.39, 0.29) is 16.9 Å². The molecule has 166 valence electrons. The molecule has 0 amide bonds. The summed E-state index contributed by atoms with van der Waals surface area (Å²) in [5.41, 5.74) is 9.47. The maximum atomic E-state index is 15.7. The molecule has 4 N–H and O–H groups in total. The van der Waals surface area contributed by atoms with Crippen molar-refractivity contribution in [3.63, 3.8) is 0 Å². The third kappa shape index (κ3) is 3.13. The van der Waals surface area contributed by atoms with Crippen molar-refractivity contribution >= 4 is 44.7 Å². The van der Waals surface area contributed by atoms with Gasteiger partial charge in [-0.05, 0) is 31.2 Å². The first-order valence-corrected chi connectivity index (χ1v) is 11.0. The number of Topliss-reactive ketones (excluding diaryl/α,β-unsaturated/α-hetero) is 1. The van der Waals surface area contributed by atoms with E-state index >= 15 is 4.39 Å². The van der Waals surface area contributed by atoms with E-state index in [4.69, 9.17) is 10.7 Å². The van der Waals surface area contributed by atoms with Gasteiger partial charge in [0.15, 0.2) is 17.4 Å². The van der Waals surface area contributed by atoms with E-state index in [2.05, 4.69) is 30.1 Å². The van der Waals surface area contributed by atoms with Crippen LogP contribution in [0, 0.1) is 5.82 Å². The highest BCUT2D eigenvalue weighted by atomic mass is 32.1. The van der Waals surface area contributed by atoms with Gasteiger partial charge >= 0.3 is 0 Å². The molecule has 9 nitrogen and oxygen atoms in total. The smallest absolute Gasteiger partial charge is 0.169 e. The number of imidazole rings is 1. The summed E-state index contributed by atoms with van der Waals surface area (Å²) in [6, 6.07) is 7.01. The van der Waals surface area contributed by atoms with Gasteiger partial charge in [-0.1, -0.05) is 0 Å². The van der Waals surface area contributed by atoms with Crippen molar-refractivity contribution in [2.75, 3.05) is 5.73 Å². The molecule has 0 aliphatic heterocycles. The highest BCUT2D eigenvalue weighted by molar-refractivity contribution is 7.17. The summed E-state index contributed by atoms with van der Waals surface area (Å²) >= 11 is 1.35. The highest BCUT2D eigenvalue weighted by Crippen LogP contribution is 2.35. The minimum atomic E-state index is -0.559. The van der Waals surface area contributed by atoms with E-state index in [0.29, 0.717) is 49.9 Å². The number of nitrogens with two attached hydrogens (primary N) is 1. The summed E-state index contributed by atoms with van der Waals surface area (Å²) in [6.45, 7) is 1.52. The normalized spacial score (nSPS) is 11.5. The number of ketones is 1. The second kappa shape index (κ2) is 7.52. The van der Waals surface area contributed by atoms with Crippen LogP contribution in [0.25, 0.3) is 55.3 Å². The molecule has 0 saturated heterocycles. The average molecular weight is 470 g/mol. The van der Waals surface area contributed by atoms with Gasteiger partial charge in [0.25, 0.3) is 0 Å². The number of nitrogens with zero attached hydrogens (tertiary/aromatic N) is 5. The number of aromatic amines is 2. The van der Waals surface area contributed by atoms with Crippen molar-refractivity contribution in [1.82, 2.24) is 35.1 Å². The number of carbonyl (C=O) groups excluding carboxylic acids is 1. The first kappa shape index (κ1) is 20.1. The Labute approximate surface area is 194 Å². The van der Waals surface area contributed by atoms with Crippen LogP contribution in [0.2, 0.25) is 0 Å². The Hall–Kier alpha value is -4.51. The summed E-state index contributed by atoms with van der Waals surface area (Å²) in [6.07, 6.45) is 6.15. The predicted octanol–water partition coefficient (Wildman–Crippen LogP) is 4.61. The third-order valence-corrected chi connectivity index (χ3v) is 6.58. The lowest BCUT2D eigenvalue weighted by Gasteiger charge is -2.04. The molecule has 0 spiro atoms. The number of hydrogen-bond acceptors (Lipinski definition) is 8. The Morgan fingerprint density at radius 3 is 2.74 bits per heavy atom. The van der Waals surface area contributed by atoms with Gasteiger partial charge in [-0.2, -0.15) is 5.10 Å². The van der Waals surface area contributed by atoms with Gasteiger partial charge in [-0.3, -0.25) is 24.8 Å². The minimum absolute atomic E-state index is 0.00982. The molecule has 0 aromatic carbocycles. The molecule has 6 aromatic heterocycles. The van der Waals surface area contributed by atoms with Crippen LogP contribution in [-0.4, -0.2) is 40.9 Å². The number of pyridine rings is 3. The molecule has 6 aromatic rings. The lowest BCUT2D eigenvalue weighted by molar-refractivity contribution is 0.102. The van der Waals surface area contributed by atoms with Crippen LogP contribution in [0.1, 0.15) is 16.6 Å². The van der Waals surface area contributed by atoms with E-state index in [1.807, 2.05) is 6.07 Å². The molecule has 0 bridgehead atoms. The summed E-state index contributed by atoms with van der Waals surface area (Å²) < 4.78 is 15.7. The van der Waals surface area contributed by atoms with Gasteiger partial charge in [0.2, 0.25) is 0 Å². The van der Waals surface area contributed by atoms with Gasteiger partial charge in [0, 0.05) is 24.2 Å². The molecule has 0 atom stereocenters. The van der Waals surface area contributed by atoms with Crippen molar-refractivity contribution < 1.29 is 9.18 Å². The quantitative estimate of drug-likeness (QED) is 0.320. The van der Waals surface area contributed by atoms with Gasteiger partial charge < -0.3 is 10.7 Å². The average Bonchev–Trinajstić information content (AvgIpc) is 3.56. The van der Waals surface area contributed by atoms with Crippen LogP contribution in [0.3, 0.4) is 0 Å². The van der Waals surface area contributed by atoms with E-state index in [0.717, 1.165) is 4.88 Å². The fourth-order valence-electron chi connectivity index (χ4n) is 3.82. The van der Waals surface area contributed by atoms with Gasteiger partial charge in [0.1, 0.15) is 22.6 Å². The molecular weight excluding hydrogens is 455 g/mol. The van der Waals surface area contributed by atoms with E-state index in [1.54, 1.807) is 24.4 Å². The SMILES string of the molecule is CC(=O)c1ccc(-c2nccc3[nH]c(-c4n[nH]c5cnc(-c6cncc(N)c6)c(F)c45)nc23)s1. The highest BCUT2D eigenvalue weighted by Gasteiger charge is 2.22. The standard InChI is InChI=1S/C23H15FN8OS/c1-10(33)15-2-3-16(34-15)21-20-13(4-5-27-21)29-23(30-20)22-17-14(31-32-22)9-28-19(18(17)24)11-6-12(25)8-26-7-11/h2-9H,25H2,1H3,(H,29,30)(H,31,32). The van der Waals surface area contributed by atoms with Crippen LogP contribution in [-0.2, 0) is 0 Å². The Morgan fingerprint density at radius 2 is 1.94 bits per heavy atom. The largest absolute Gasteiger partial charge is 0.397 e. The number of hydrogen-bond donors (Lipinski definition) is 3. The van der Waals surface area contributed by atoms with E-state index in [9.17, 15) is 4.79 Å². The van der Waals surface area contributed by atoms with Crippen LogP contribution in [0.15, 0.2) is 49.1 Å². The number of H-pyrrole nitrogens is 2. The van der Waals surface area contributed by atoms with Gasteiger partial charge in [-0.15, -0.1) is 11.3 Å². The lowest BCUT2D eigenvalue weighted by Crippen LogP contribution is -1.94. The van der Waals surface area contributed by atoms with Crippen molar-refractivity contribution in [3.05, 3.63) is 59.7 Å². The van der Waals surface area contributed by atoms with Crippen molar-refractivity contribution in [2.24, 2.45) is 0 Å². The molecule has 0 fully saturated rings. The maximum Gasteiger partial charge on any atom is 0.169 e. The fraction of sp³-hybridized carbons (Fsp3) is 0.0435. The number of thiophene rings is 1. The second-order valence-electron chi connectivity index (χ2n) is 7.65. The molecule has 0 aliphatic carbocycles. The predicted molar refractivity (Wildman–Crippen MR) is 128 cm³/mol. The Kier molecular flexibility index (Phi) is 4.45. The zero-order chi connectivity index (χ0) is 23.4. The number of nitrogens with one attached hydrogen (secondary N) is 2. The molecule has 6 rings (SSSR count). The summed E-state index contributed by atoms with van der Waals surface area (Å²) in [7, 11) is 0. The molecular formula is C23H15FN8OS. The summed E-state index contributed by atoms with van der Waals surface area (Å²) in [4.78, 5) is 33.8. The van der Waals surface area contributed by atoms with E-state index < -0.39 is 5.82 Å². The number of halogens is 1. The first-order chi connectivity index (χ1) is 16.5. The first-order valence-electron chi connectivity index (χ1n) is 10.2. The number of anilines is 1. The van der Waals surface area contributed by atoms with Crippen LogP contribution in [0.5, 0.6) is 0 Å². The Morgan fingerprint density at radius 1 is 1.06 bits per heavy atom. The molecule has 0 aliphatic rings. The van der Waals surface area contributed by atoms with Gasteiger partial charge in [-0.25, -0.2) is 9.37 Å². The topological polar surface area (TPSA) is 139 Å². The maximum absolute atomic E-state index is 15.7. The molecule has 0 unspecified atom stereocenters. The van der Waals surface area contributed by atoms with Crippen LogP contribution in [0.4, 0.5) is 10.1 Å². The molecule has 34 heavy (non-hydrogen) atoms. The monoisotopic (exact) mass is 470 g/mol. The zero-order valence-corrected chi connectivity index (χ0v) is 18.4. The fourth-order valence-corrected chi connectivity index (χ4v) is 4.72. The molecule has 11 heteroatoms. The minimum Gasteiger partial charge on any atom is -0.397 e. The van der Waals surface area contributed by atoms with E-state index in [1.165, 1.54) is 36.9 Å². The number of carbonyl (C=O) groups is 1. The number of aromatic nitrogens is 7. The second-order valence-corrected chi connectivity index (χ2v) is 8.73. The Balaban J connectivity index is 1.52. The van der Waals surface area contributed by atoms with Crippen molar-refractivity contribution in [3.8, 4) is 33.3 Å². The number of fused-ring (bicyclic) bond motifs is 2. The molecule has 0 radical (unpaired) electrons. The van der Waals surface area contributed by atoms with Gasteiger partial charge in [0.05, 0.1) is 38.1 Å². The summed E-state index contributed by atoms with van der Waals surface area (Å²) in [5, 5.41) is 7.37. The third-order valence-electron chi connectivity index (χ3n) is 5.39. The number of rotatable bonds is 4. The van der Waals surface area contributed by atoms with Crippen LogP contribution >= 0.6 is 11.3 Å².